The minimum absolute atomic E-state index is 0.00349. The minimum Gasteiger partial charge on any atom is -0.408 e. The van der Waals surface area contributed by atoms with Crippen LogP contribution in [-0.2, 0) is 17.9 Å². The average Bonchev–Trinajstić information content (AvgIpc) is 3.03. The van der Waals surface area contributed by atoms with Gasteiger partial charge in [0.25, 0.3) is 5.91 Å². The minimum atomic E-state index is -0.404. The summed E-state index contributed by atoms with van der Waals surface area (Å²) < 4.78 is 6.76. The van der Waals surface area contributed by atoms with Crippen LogP contribution in [0.25, 0.3) is 11.1 Å². The van der Waals surface area contributed by atoms with E-state index in [0.717, 1.165) is 11.1 Å². The van der Waals surface area contributed by atoms with E-state index >= 15 is 0 Å². The molecule has 0 atom stereocenters. The van der Waals surface area contributed by atoms with E-state index in [4.69, 9.17) is 4.42 Å². The Kier molecular flexibility index (Phi) is 5.93. The van der Waals surface area contributed by atoms with Gasteiger partial charge in [-0.2, -0.15) is 0 Å². The highest BCUT2D eigenvalue weighted by atomic mass is 16.4. The fraction of sp³-hybridized carbons (Fsp3) is 0.286. The molecule has 0 radical (unpaired) electrons. The summed E-state index contributed by atoms with van der Waals surface area (Å²) >= 11 is 0. The van der Waals surface area contributed by atoms with Crippen LogP contribution in [0.2, 0.25) is 0 Å². The number of aryl methyl sites for hydroxylation is 1. The number of aromatic nitrogens is 1. The number of rotatable bonds is 7. The largest absolute Gasteiger partial charge is 0.419 e. The highest BCUT2D eigenvalue weighted by Crippen LogP contribution is 2.13. The SMILES string of the molecule is CNC(=O)c1ccc(CN(C)C(=O)CCCn2c(=O)oc3ccccc32)cc1. The molecule has 0 fully saturated rings. The van der Waals surface area contributed by atoms with E-state index in [0.29, 0.717) is 37.1 Å². The monoisotopic (exact) mass is 381 g/mol. The van der Waals surface area contributed by atoms with Crippen LogP contribution in [0.3, 0.4) is 0 Å². The first-order chi connectivity index (χ1) is 13.5. The van der Waals surface area contributed by atoms with Gasteiger partial charge in [0, 0.05) is 39.2 Å². The number of hydrogen-bond acceptors (Lipinski definition) is 4. The van der Waals surface area contributed by atoms with Crippen molar-refractivity contribution in [1.29, 1.82) is 0 Å². The molecule has 0 saturated heterocycles. The zero-order chi connectivity index (χ0) is 20.1. The summed E-state index contributed by atoms with van der Waals surface area (Å²) in [5.74, 6) is -0.549. The van der Waals surface area contributed by atoms with Gasteiger partial charge >= 0.3 is 5.76 Å². The van der Waals surface area contributed by atoms with Crippen LogP contribution in [0, 0.1) is 0 Å². The smallest absolute Gasteiger partial charge is 0.408 e. The molecule has 2 amide bonds. The molecule has 1 N–H and O–H groups in total. The first-order valence-electron chi connectivity index (χ1n) is 9.13. The highest BCUT2D eigenvalue weighted by molar-refractivity contribution is 5.93. The number of hydrogen-bond donors (Lipinski definition) is 1. The predicted octanol–water partition coefficient (Wildman–Crippen LogP) is 2.39. The number of carbonyl (C=O) groups is 2. The molecule has 0 saturated carbocycles. The van der Waals surface area contributed by atoms with Gasteiger partial charge in [-0.15, -0.1) is 0 Å². The maximum absolute atomic E-state index is 12.4. The number of carbonyl (C=O) groups excluding carboxylic acids is 2. The van der Waals surface area contributed by atoms with E-state index in [1.165, 1.54) is 0 Å². The van der Waals surface area contributed by atoms with E-state index < -0.39 is 5.76 Å². The number of fused-ring (bicyclic) bond motifs is 1. The summed E-state index contributed by atoms with van der Waals surface area (Å²) in [6.07, 6.45) is 0.876. The van der Waals surface area contributed by atoms with Crippen molar-refractivity contribution in [2.24, 2.45) is 0 Å². The van der Waals surface area contributed by atoms with Gasteiger partial charge in [0.1, 0.15) is 0 Å². The maximum atomic E-state index is 12.4. The molecule has 1 aromatic heterocycles. The van der Waals surface area contributed by atoms with Gasteiger partial charge in [-0.05, 0) is 36.2 Å². The second kappa shape index (κ2) is 8.56. The lowest BCUT2D eigenvalue weighted by Crippen LogP contribution is -2.26. The van der Waals surface area contributed by atoms with Crippen LogP contribution in [-0.4, -0.2) is 35.4 Å². The van der Waals surface area contributed by atoms with Gasteiger partial charge in [-0.3, -0.25) is 14.2 Å². The van der Waals surface area contributed by atoms with Crippen molar-refractivity contribution in [3.63, 3.8) is 0 Å². The molecule has 0 aliphatic rings. The molecule has 7 heteroatoms. The van der Waals surface area contributed by atoms with Gasteiger partial charge in [0.15, 0.2) is 5.58 Å². The van der Waals surface area contributed by atoms with E-state index in [1.54, 1.807) is 41.8 Å². The molecule has 2 aromatic carbocycles. The second-order valence-electron chi connectivity index (χ2n) is 6.62. The van der Waals surface area contributed by atoms with E-state index in [2.05, 4.69) is 5.32 Å². The van der Waals surface area contributed by atoms with Crippen molar-refractivity contribution in [2.75, 3.05) is 14.1 Å². The van der Waals surface area contributed by atoms with E-state index in [-0.39, 0.29) is 11.8 Å². The first kappa shape index (κ1) is 19.4. The van der Waals surface area contributed by atoms with Gasteiger partial charge in [-0.1, -0.05) is 24.3 Å². The molecule has 0 aliphatic carbocycles. The highest BCUT2D eigenvalue weighted by Gasteiger charge is 2.12. The third-order valence-corrected chi connectivity index (χ3v) is 4.63. The quantitative estimate of drug-likeness (QED) is 0.681. The standard InChI is InChI=1S/C21H23N3O4/c1-22-20(26)16-11-9-15(10-12-16)14-23(2)19(25)8-5-13-24-17-6-3-4-7-18(17)28-21(24)27/h3-4,6-7,9-12H,5,8,13-14H2,1-2H3,(H,22,26). The number of oxazole rings is 1. The molecule has 3 aromatic rings. The topological polar surface area (TPSA) is 84.5 Å². The fourth-order valence-electron chi connectivity index (χ4n) is 3.07. The maximum Gasteiger partial charge on any atom is 0.419 e. The molecular formula is C21H23N3O4. The zero-order valence-corrected chi connectivity index (χ0v) is 16.0. The Hall–Kier alpha value is -3.35. The summed E-state index contributed by atoms with van der Waals surface area (Å²) in [5.41, 5.74) is 2.82. The van der Waals surface area contributed by atoms with E-state index in [9.17, 15) is 14.4 Å². The molecule has 0 bridgehead atoms. The van der Waals surface area contributed by atoms with Crippen LogP contribution in [0.4, 0.5) is 0 Å². The Morgan fingerprint density at radius 2 is 1.82 bits per heavy atom. The van der Waals surface area contributed by atoms with Crippen molar-refractivity contribution >= 4 is 22.9 Å². The van der Waals surface area contributed by atoms with Crippen LogP contribution in [0.5, 0.6) is 0 Å². The molecule has 7 nitrogen and oxygen atoms in total. The Morgan fingerprint density at radius 1 is 1.11 bits per heavy atom. The molecule has 28 heavy (non-hydrogen) atoms. The third-order valence-electron chi connectivity index (χ3n) is 4.63. The fourth-order valence-corrected chi connectivity index (χ4v) is 3.07. The van der Waals surface area contributed by atoms with Crippen LogP contribution < -0.4 is 11.1 Å². The van der Waals surface area contributed by atoms with Crippen LogP contribution in [0.15, 0.2) is 57.7 Å². The van der Waals surface area contributed by atoms with Crippen molar-refractivity contribution in [3.05, 3.63) is 70.2 Å². The Bertz CT molecular complexity index is 1030. The van der Waals surface area contributed by atoms with Crippen molar-refractivity contribution in [3.8, 4) is 0 Å². The Morgan fingerprint density at radius 3 is 2.54 bits per heavy atom. The Labute approximate surface area is 162 Å². The van der Waals surface area contributed by atoms with Gasteiger partial charge in [0.05, 0.1) is 5.52 Å². The Balaban J connectivity index is 1.53. The number of nitrogens with one attached hydrogen (secondary N) is 1. The van der Waals surface area contributed by atoms with Crippen molar-refractivity contribution < 1.29 is 14.0 Å². The van der Waals surface area contributed by atoms with Gasteiger partial charge in [0.2, 0.25) is 5.91 Å². The molecule has 146 valence electrons. The lowest BCUT2D eigenvalue weighted by atomic mass is 10.1. The van der Waals surface area contributed by atoms with Crippen molar-refractivity contribution in [2.45, 2.75) is 25.9 Å². The molecule has 0 spiro atoms. The van der Waals surface area contributed by atoms with E-state index in [1.807, 2.05) is 30.3 Å². The molecular weight excluding hydrogens is 358 g/mol. The van der Waals surface area contributed by atoms with Gasteiger partial charge < -0.3 is 14.6 Å². The van der Waals surface area contributed by atoms with Crippen LogP contribution >= 0.6 is 0 Å². The zero-order valence-electron chi connectivity index (χ0n) is 16.0. The number of nitrogens with zero attached hydrogens (tertiary/aromatic N) is 2. The number of amides is 2. The normalized spacial score (nSPS) is 10.8. The average molecular weight is 381 g/mol. The summed E-state index contributed by atoms with van der Waals surface area (Å²) in [4.78, 5) is 37.6. The van der Waals surface area contributed by atoms with Crippen LogP contribution in [0.1, 0.15) is 28.8 Å². The summed E-state index contributed by atoms with van der Waals surface area (Å²) in [6.45, 7) is 0.887. The molecule has 1 heterocycles. The summed E-state index contributed by atoms with van der Waals surface area (Å²) in [6, 6.07) is 14.4. The number of benzene rings is 2. The lowest BCUT2D eigenvalue weighted by molar-refractivity contribution is -0.130. The number of para-hydroxylation sites is 2. The molecule has 0 unspecified atom stereocenters. The van der Waals surface area contributed by atoms with Crippen molar-refractivity contribution in [1.82, 2.24) is 14.8 Å². The third kappa shape index (κ3) is 4.31. The lowest BCUT2D eigenvalue weighted by Gasteiger charge is -2.17. The van der Waals surface area contributed by atoms with Gasteiger partial charge in [-0.25, -0.2) is 4.79 Å². The summed E-state index contributed by atoms with van der Waals surface area (Å²) in [5, 5.41) is 2.58. The summed E-state index contributed by atoms with van der Waals surface area (Å²) in [7, 11) is 3.33. The second-order valence-corrected chi connectivity index (χ2v) is 6.62. The first-order valence-corrected chi connectivity index (χ1v) is 9.13. The molecule has 3 rings (SSSR count). The molecule has 0 aliphatic heterocycles. The predicted molar refractivity (Wildman–Crippen MR) is 106 cm³/mol.